The van der Waals surface area contributed by atoms with Gasteiger partial charge in [0.2, 0.25) is 5.91 Å². The molecule has 1 aromatic carbocycles. The number of nitrogens with one attached hydrogen (secondary N) is 1. The van der Waals surface area contributed by atoms with Crippen LogP contribution in [-0.2, 0) is 17.9 Å². The molecule has 1 amide bonds. The number of carboxylic acids is 1. The van der Waals surface area contributed by atoms with Gasteiger partial charge in [-0.15, -0.1) is 5.10 Å². The lowest BCUT2D eigenvalue weighted by Crippen LogP contribution is -2.27. The van der Waals surface area contributed by atoms with Crippen LogP contribution in [0, 0.1) is 6.92 Å². The molecule has 8 nitrogen and oxygen atoms in total. The molecular weight excluding hydrogens is 324 g/mol. The Bertz CT molecular complexity index is 757. The van der Waals surface area contributed by atoms with E-state index in [0.29, 0.717) is 6.54 Å². The van der Waals surface area contributed by atoms with E-state index >= 15 is 0 Å². The number of ether oxygens (including phenoxy) is 1. The molecule has 134 valence electrons. The van der Waals surface area contributed by atoms with E-state index in [2.05, 4.69) is 15.6 Å². The van der Waals surface area contributed by atoms with Crippen LogP contribution in [0.15, 0.2) is 24.4 Å². The fourth-order valence-electron chi connectivity index (χ4n) is 2.09. The Balaban J connectivity index is 1.97. The van der Waals surface area contributed by atoms with E-state index in [-0.39, 0.29) is 24.2 Å². The van der Waals surface area contributed by atoms with Crippen molar-refractivity contribution in [2.24, 2.45) is 0 Å². The van der Waals surface area contributed by atoms with Crippen molar-refractivity contribution in [1.82, 2.24) is 20.3 Å². The van der Waals surface area contributed by atoms with Crippen molar-refractivity contribution >= 4 is 11.9 Å². The number of hydrogen-bond donors (Lipinski definition) is 2. The highest BCUT2D eigenvalue weighted by molar-refractivity contribution is 5.84. The fraction of sp³-hybridized carbons (Fsp3) is 0.412. The van der Waals surface area contributed by atoms with Gasteiger partial charge in [-0.3, -0.25) is 4.79 Å². The summed E-state index contributed by atoms with van der Waals surface area (Å²) in [7, 11) is 0. The number of carboxylic acid groups (broad SMARTS) is 1. The minimum atomic E-state index is -1.18. The first-order valence-electron chi connectivity index (χ1n) is 8.05. The van der Waals surface area contributed by atoms with Crippen molar-refractivity contribution in [2.75, 3.05) is 0 Å². The molecular formula is C17H22N4O4. The van der Waals surface area contributed by atoms with Gasteiger partial charge in [-0.25, -0.2) is 9.48 Å². The average molecular weight is 346 g/mol. The molecule has 0 fully saturated rings. The molecule has 2 aromatic rings. The van der Waals surface area contributed by atoms with Crippen LogP contribution in [0.3, 0.4) is 0 Å². The summed E-state index contributed by atoms with van der Waals surface area (Å²) >= 11 is 0. The molecule has 2 rings (SSSR count). The highest BCUT2D eigenvalue weighted by atomic mass is 16.5. The van der Waals surface area contributed by atoms with Crippen molar-refractivity contribution in [3.8, 4) is 5.75 Å². The third kappa shape index (κ3) is 5.30. The zero-order chi connectivity index (χ0) is 18.4. The van der Waals surface area contributed by atoms with E-state index in [1.807, 2.05) is 39.0 Å². The largest absolute Gasteiger partial charge is 0.490 e. The lowest BCUT2D eigenvalue weighted by molar-refractivity contribution is -0.122. The summed E-state index contributed by atoms with van der Waals surface area (Å²) in [6.45, 7) is 6.23. The van der Waals surface area contributed by atoms with Crippen LogP contribution in [0.5, 0.6) is 5.75 Å². The number of hydrogen-bond acceptors (Lipinski definition) is 5. The summed E-state index contributed by atoms with van der Waals surface area (Å²) in [6, 6.07) is 5.83. The van der Waals surface area contributed by atoms with Crippen LogP contribution in [0.25, 0.3) is 0 Å². The van der Waals surface area contributed by atoms with Crippen molar-refractivity contribution in [1.29, 1.82) is 0 Å². The fourth-order valence-corrected chi connectivity index (χ4v) is 2.09. The Labute approximate surface area is 145 Å². The first-order chi connectivity index (χ1) is 11.9. The van der Waals surface area contributed by atoms with Crippen LogP contribution in [-0.4, -0.2) is 38.1 Å². The molecule has 0 aliphatic rings. The maximum atomic E-state index is 12.0. The Morgan fingerprint density at radius 3 is 2.80 bits per heavy atom. The molecule has 0 aliphatic heterocycles. The van der Waals surface area contributed by atoms with E-state index in [1.54, 1.807) is 0 Å². The van der Waals surface area contributed by atoms with Gasteiger partial charge in [-0.2, -0.15) is 0 Å². The van der Waals surface area contributed by atoms with Crippen molar-refractivity contribution in [3.05, 3.63) is 41.2 Å². The van der Waals surface area contributed by atoms with E-state index in [9.17, 15) is 9.59 Å². The number of carbonyl (C=O) groups is 2. The van der Waals surface area contributed by atoms with E-state index in [0.717, 1.165) is 23.3 Å². The minimum Gasteiger partial charge on any atom is -0.490 e. The lowest BCUT2D eigenvalue weighted by atomic mass is 10.1. The van der Waals surface area contributed by atoms with Gasteiger partial charge < -0.3 is 15.2 Å². The van der Waals surface area contributed by atoms with Gasteiger partial charge in [0, 0.05) is 12.1 Å². The number of aromatic carboxylic acids is 1. The predicted molar refractivity (Wildman–Crippen MR) is 90.4 cm³/mol. The number of benzene rings is 1. The maximum Gasteiger partial charge on any atom is 0.358 e. The highest BCUT2D eigenvalue weighted by Crippen LogP contribution is 2.22. The van der Waals surface area contributed by atoms with Gasteiger partial charge in [0.05, 0.1) is 12.3 Å². The molecule has 25 heavy (non-hydrogen) atoms. The first kappa shape index (κ1) is 18.4. The summed E-state index contributed by atoms with van der Waals surface area (Å²) in [5.41, 5.74) is 1.76. The third-order valence-corrected chi connectivity index (χ3v) is 3.67. The molecule has 0 saturated carbocycles. The van der Waals surface area contributed by atoms with Gasteiger partial charge in [0.1, 0.15) is 12.3 Å². The van der Waals surface area contributed by atoms with Gasteiger partial charge in [0.15, 0.2) is 5.69 Å². The SMILES string of the molecule is CCC(C)Oc1cc(C)ccc1CNC(=O)Cn1cc(C(=O)O)nn1. The second-order valence-electron chi connectivity index (χ2n) is 5.83. The molecule has 0 spiro atoms. The summed E-state index contributed by atoms with van der Waals surface area (Å²) in [5.74, 6) is -0.723. The number of rotatable bonds is 8. The topological polar surface area (TPSA) is 106 Å². The van der Waals surface area contributed by atoms with Crippen LogP contribution in [0.1, 0.15) is 41.9 Å². The standard InChI is InChI=1S/C17H22N4O4/c1-4-12(3)25-15-7-11(2)5-6-13(15)8-18-16(22)10-21-9-14(17(23)24)19-20-21/h5-7,9,12H,4,8,10H2,1-3H3,(H,18,22)(H,23,24). The first-order valence-corrected chi connectivity index (χ1v) is 8.05. The van der Waals surface area contributed by atoms with Crippen LogP contribution >= 0.6 is 0 Å². The Kier molecular flexibility index (Phi) is 6.10. The number of amides is 1. The predicted octanol–water partition coefficient (Wildman–Crippen LogP) is 1.78. The van der Waals surface area contributed by atoms with E-state index in [4.69, 9.17) is 9.84 Å². The number of carbonyl (C=O) groups excluding carboxylic acids is 1. The zero-order valence-electron chi connectivity index (χ0n) is 14.5. The lowest BCUT2D eigenvalue weighted by Gasteiger charge is -2.17. The molecule has 2 N–H and O–H groups in total. The maximum absolute atomic E-state index is 12.0. The molecule has 1 aromatic heterocycles. The van der Waals surface area contributed by atoms with Crippen molar-refractivity contribution in [3.63, 3.8) is 0 Å². The van der Waals surface area contributed by atoms with Crippen molar-refractivity contribution in [2.45, 2.75) is 46.4 Å². The summed E-state index contributed by atoms with van der Waals surface area (Å²) < 4.78 is 7.10. The summed E-state index contributed by atoms with van der Waals surface area (Å²) in [6.07, 6.45) is 2.18. The second-order valence-corrected chi connectivity index (χ2v) is 5.83. The smallest absolute Gasteiger partial charge is 0.358 e. The molecule has 0 bridgehead atoms. The Morgan fingerprint density at radius 2 is 2.16 bits per heavy atom. The monoisotopic (exact) mass is 346 g/mol. The van der Waals surface area contributed by atoms with Crippen molar-refractivity contribution < 1.29 is 19.4 Å². The number of aromatic nitrogens is 3. The van der Waals surface area contributed by atoms with Crippen LogP contribution < -0.4 is 10.1 Å². The summed E-state index contributed by atoms with van der Waals surface area (Å²) in [4.78, 5) is 22.8. The van der Waals surface area contributed by atoms with Crippen LogP contribution in [0.4, 0.5) is 0 Å². The number of nitrogens with zero attached hydrogens (tertiary/aromatic N) is 3. The average Bonchev–Trinajstić information content (AvgIpc) is 3.02. The van der Waals surface area contributed by atoms with Gasteiger partial charge >= 0.3 is 5.97 Å². The molecule has 1 unspecified atom stereocenters. The molecule has 1 heterocycles. The second kappa shape index (κ2) is 8.27. The van der Waals surface area contributed by atoms with Gasteiger partial charge in [-0.05, 0) is 31.9 Å². The van der Waals surface area contributed by atoms with E-state index in [1.165, 1.54) is 10.9 Å². The zero-order valence-corrected chi connectivity index (χ0v) is 14.5. The quantitative estimate of drug-likeness (QED) is 0.754. The third-order valence-electron chi connectivity index (χ3n) is 3.67. The molecule has 0 saturated heterocycles. The van der Waals surface area contributed by atoms with E-state index < -0.39 is 5.97 Å². The Morgan fingerprint density at radius 1 is 1.40 bits per heavy atom. The minimum absolute atomic E-state index is 0.0841. The number of aryl methyl sites for hydroxylation is 1. The van der Waals surface area contributed by atoms with Crippen LogP contribution in [0.2, 0.25) is 0 Å². The molecule has 8 heteroatoms. The molecule has 1 atom stereocenters. The highest BCUT2D eigenvalue weighted by Gasteiger charge is 2.12. The molecule has 0 radical (unpaired) electrons. The normalized spacial score (nSPS) is 11.8. The van der Waals surface area contributed by atoms with Gasteiger partial charge in [-0.1, -0.05) is 24.3 Å². The summed E-state index contributed by atoms with van der Waals surface area (Å²) in [5, 5.41) is 18.7. The Hall–Kier alpha value is -2.90. The molecule has 0 aliphatic carbocycles. The van der Waals surface area contributed by atoms with Gasteiger partial charge in [0.25, 0.3) is 0 Å².